The van der Waals surface area contributed by atoms with Gasteiger partial charge in [0, 0.05) is 5.02 Å². The van der Waals surface area contributed by atoms with E-state index in [1.165, 1.54) is 30.1 Å². The number of carbonyl (C=O) groups excluding carboxylic acids is 2. The smallest absolute Gasteiger partial charge is 0.412 e. The molecule has 1 aromatic heterocycles. The van der Waals surface area contributed by atoms with E-state index in [1.807, 2.05) is 0 Å². The molecule has 0 aliphatic rings. The third kappa shape index (κ3) is 4.72. The van der Waals surface area contributed by atoms with Crippen molar-refractivity contribution in [2.75, 3.05) is 17.7 Å². The van der Waals surface area contributed by atoms with Crippen molar-refractivity contribution in [2.45, 2.75) is 6.54 Å². The number of anilines is 2. The van der Waals surface area contributed by atoms with Crippen LogP contribution >= 0.6 is 34.8 Å². The maximum absolute atomic E-state index is 12.0. The average Bonchev–Trinajstić information content (AvgIpc) is 2.89. The fraction of sp³-hybridized carbons (Fsp3) is 0.167. The number of nitrogens with one attached hydrogen (secondary N) is 2. The van der Waals surface area contributed by atoms with E-state index in [-0.39, 0.29) is 28.1 Å². The Morgan fingerprint density at radius 1 is 1.22 bits per heavy atom. The molecule has 2 rings (SSSR count). The van der Waals surface area contributed by atoms with E-state index in [1.54, 1.807) is 0 Å². The van der Waals surface area contributed by atoms with Crippen LogP contribution in [0.3, 0.4) is 0 Å². The summed E-state index contributed by atoms with van der Waals surface area (Å²) in [6, 6.07) is 2.91. The normalized spacial score (nSPS) is 10.3. The zero-order valence-corrected chi connectivity index (χ0v) is 13.9. The molecule has 0 fully saturated rings. The van der Waals surface area contributed by atoms with Crippen molar-refractivity contribution in [1.29, 1.82) is 0 Å². The summed E-state index contributed by atoms with van der Waals surface area (Å²) >= 11 is 17.8. The number of nitrogens with zero attached hydrogens (tertiary/aromatic N) is 3. The van der Waals surface area contributed by atoms with Gasteiger partial charge in [0.05, 0.1) is 29.0 Å². The molecule has 8 nitrogen and oxygen atoms in total. The summed E-state index contributed by atoms with van der Waals surface area (Å²) < 4.78 is 5.63. The first-order chi connectivity index (χ1) is 10.9. The number of hydrogen-bond acceptors (Lipinski definition) is 5. The molecule has 0 aliphatic carbocycles. The molecule has 1 heterocycles. The SMILES string of the molecule is COC(=O)Nc1cn(CC(=O)Nc2c(Cl)cc(Cl)cc2Cl)nn1. The van der Waals surface area contributed by atoms with Gasteiger partial charge in [-0.1, -0.05) is 40.0 Å². The lowest BCUT2D eigenvalue weighted by Gasteiger charge is -2.09. The van der Waals surface area contributed by atoms with Gasteiger partial charge < -0.3 is 10.1 Å². The minimum absolute atomic E-state index is 0.146. The summed E-state index contributed by atoms with van der Waals surface area (Å²) in [5.74, 6) is -0.294. The summed E-state index contributed by atoms with van der Waals surface area (Å²) in [4.78, 5) is 23.0. The van der Waals surface area contributed by atoms with E-state index >= 15 is 0 Å². The largest absolute Gasteiger partial charge is 0.453 e. The lowest BCUT2D eigenvalue weighted by atomic mass is 10.3. The molecular weight excluding hydrogens is 369 g/mol. The minimum atomic E-state index is -0.693. The molecule has 0 unspecified atom stereocenters. The van der Waals surface area contributed by atoms with Crippen LogP contribution in [0.2, 0.25) is 15.1 Å². The van der Waals surface area contributed by atoms with E-state index in [2.05, 4.69) is 25.7 Å². The molecule has 2 amide bonds. The predicted molar refractivity (Wildman–Crippen MR) is 86.2 cm³/mol. The van der Waals surface area contributed by atoms with Crippen LogP contribution in [-0.2, 0) is 16.1 Å². The van der Waals surface area contributed by atoms with E-state index in [0.717, 1.165) is 0 Å². The van der Waals surface area contributed by atoms with Gasteiger partial charge in [-0.15, -0.1) is 5.10 Å². The van der Waals surface area contributed by atoms with Gasteiger partial charge in [0.2, 0.25) is 5.91 Å². The van der Waals surface area contributed by atoms with Crippen LogP contribution in [0.15, 0.2) is 18.3 Å². The molecule has 0 spiro atoms. The second-order valence-corrected chi connectivity index (χ2v) is 5.46. The van der Waals surface area contributed by atoms with E-state index in [9.17, 15) is 9.59 Å². The van der Waals surface area contributed by atoms with Gasteiger partial charge in [-0.3, -0.25) is 10.1 Å². The predicted octanol–water partition coefficient (Wildman–Crippen LogP) is 3.06. The third-order valence-corrected chi connectivity index (χ3v) is 3.35. The Labute approximate surface area is 145 Å². The van der Waals surface area contributed by atoms with Crippen molar-refractivity contribution in [3.05, 3.63) is 33.4 Å². The Morgan fingerprint density at radius 3 is 2.48 bits per heavy atom. The molecule has 0 bridgehead atoms. The van der Waals surface area contributed by atoms with Gasteiger partial charge >= 0.3 is 6.09 Å². The average molecular weight is 379 g/mol. The maximum Gasteiger partial charge on any atom is 0.412 e. The number of rotatable bonds is 4. The van der Waals surface area contributed by atoms with E-state index < -0.39 is 12.0 Å². The molecule has 2 aromatic rings. The topological polar surface area (TPSA) is 98.1 Å². The van der Waals surface area contributed by atoms with E-state index in [4.69, 9.17) is 34.8 Å². The minimum Gasteiger partial charge on any atom is -0.453 e. The van der Waals surface area contributed by atoms with Crippen molar-refractivity contribution >= 4 is 58.3 Å². The molecule has 23 heavy (non-hydrogen) atoms. The maximum atomic E-state index is 12.0. The molecular formula is C12H10Cl3N5O3. The quantitative estimate of drug-likeness (QED) is 0.852. The van der Waals surface area contributed by atoms with Gasteiger partial charge in [-0.25, -0.2) is 9.48 Å². The highest BCUT2D eigenvalue weighted by Crippen LogP contribution is 2.33. The third-order valence-electron chi connectivity index (χ3n) is 2.53. The van der Waals surface area contributed by atoms with Crippen LogP contribution in [0.4, 0.5) is 16.3 Å². The Morgan fingerprint density at radius 2 is 1.87 bits per heavy atom. The van der Waals surface area contributed by atoms with Crippen LogP contribution in [0.1, 0.15) is 0 Å². The Hall–Kier alpha value is -2.03. The van der Waals surface area contributed by atoms with Crippen molar-refractivity contribution in [3.63, 3.8) is 0 Å². The number of benzene rings is 1. The second-order valence-electron chi connectivity index (χ2n) is 4.21. The van der Waals surface area contributed by atoms with Gasteiger partial charge in [-0.2, -0.15) is 0 Å². The van der Waals surface area contributed by atoms with Crippen molar-refractivity contribution in [1.82, 2.24) is 15.0 Å². The summed E-state index contributed by atoms with van der Waals surface area (Å²) in [5, 5.41) is 13.0. The highest BCUT2D eigenvalue weighted by molar-refractivity contribution is 6.42. The van der Waals surface area contributed by atoms with Crippen LogP contribution in [0.5, 0.6) is 0 Å². The molecule has 2 N–H and O–H groups in total. The number of hydrogen-bond donors (Lipinski definition) is 2. The van der Waals surface area contributed by atoms with Crippen molar-refractivity contribution in [3.8, 4) is 0 Å². The highest BCUT2D eigenvalue weighted by Gasteiger charge is 2.13. The zero-order chi connectivity index (χ0) is 17.0. The molecule has 122 valence electrons. The lowest BCUT2D eigenvalue weighted by molar-refractivity contribution is -0.116. The lowest BCUT2D eigenvalue weighted by Crippen LogP contribution is -2.19. The number of carbonyl (C=O) groups is 2. The monoisotopic (exact) mass is 377 g/mol. The van der Waals surface area contributed by atoms with Crippen LogP contribution in [0.25, 0.3) is 0 Å². The summed E-state index contributed by atoms with van der Waals surface area (Å²) in [6.45, 7) is -0.162. The first kappa shape index (κ1) is 17.3. The molecule has 11 heteroatoms. The second kappa shape index (κ2) is 7.49. The number of ether oxygens (including phenoxy) is 1. The van der Waals surface area contributed by atoms with Gasteiger partial charge in [0.1, 0.15) is 6.54 Å². The number of halogens is 3. The number of methoxy groups -OCH3 is 1. The van der Waals surface area contributed by atoms with Crippen LogP contribution in [-0.4, -0.2) is 34.1 Å². The molecule has 0 aliphatic heterocycles. The Balaban J connectivity index is 2.02. The van der Waals surface area contributed by atoms with Crippen molar-refractivity contribution < 1.29 is 14.3 Å². The van der Waals surface area contributed by atoms with Gasteiger partial charge in [0.25, 0.3) is 0 Å². The molecule has 0 atom stereocenters. The fourth-order valence-corrected chi connectivity index (χ4v) is 2.49. The molecule has 0 radical (unpaired) electrons. The first-order valence-corrected chi connectivity index (χ1v) is 7.22. The summed E-state index contributed by atoms with van der Waals surface area (Å²) in [6.07, 6.45) is 0.669. The standard InChI is InChI=1S/C12H10Cl3N5O3/c1-23-12(22)16-9-4-20(19-18-9)5-10(21)17-11-7(14)2-6(13)3-8(11)15/h2-4H,5H2,1H3,(H,16,22)(H,17,21). The zero-order valence-electron chi connectivity index (χ0n) is 11.6. The van der Waals surface area contributed by atoms with Crippen LogP contribution < -0.4 is 10.6 Å². The number of aromatic nitrogens is 3. The van der Waals surface area contributed by atoms with Crippen LogP contribution in [0, 0.1) is 0 Å². The highest BCUT2D eigenvalue weighted by atomic mass is 35.5. The fourth-order valence-electron chi connectivity index (χ4n) is 1.58. The summed E-state index contributed by atoms with van der Waals surface area (Å²) in [7, 11) is 1.22. The molecule has 0 saturated heterocycles. The Bertz CT molecular complexity index is 726. The van der Waals surface area contributed by atoms with E-state index in [0.29, 0.717) is 5.02 Å². The van der Waals surface area contributed by atoms with Crippen molar-refractivity contribution in [2.24, 2.45) is 0 Å². The number of amides is 2. The first-order valence-electron chi connectivity index (χ1n) is 6.08. The summed E-state index contributed by atoms with van der Waals surface area (Å²) in [5.41, 5.74) is 0.246. The molecule has 0 saturated carbocycles. The van der Waals surface area contributed by atoms with Gasteiger partial charge in [0.15, 0.2) is 5.82 Å². The molecule has 1 aromatic carbocycles. The van der Waals surface area contributed by atoms with Gasteiger partial charge in [-0.05, 0) is 12.1 Å². The Kier molecular flexibility index (Phi) is 5.64.